The van der Waals surface area contributed by atoms with E-state index in [-0.39, 0.29) is 11.7 Å². The highest BCUT2D eigenvalue weighted by molar-refractivity contribution is 6.30. The van der Waals surface area contributed by atoms with Gasteiger partial charge in [0.25, 0.3) is 5.91 Å². The summed E-state index contributed by atoms with van der Waals surface area (Å²) in [6.07, 6.45) is 0.712. The van der Waals surface area contributed by atoms with Crippen LogP contribution in [0.4, 0.5) is 10.1 Å². The Morgan fingerprint density at radius 2 is 1.88 bits per heavy atom. The van der Waals surface area contributed by atoms with Gasteiger partial charge in [-0.05, 0) is 42.3 Å². The van der Waals surface area contributed by atoms with E-state index in [9.17, 15) is 9.18 Å². The summed E-state index contributed by atoms with van der Waals surface area (Å²) < 4.78 is 12.9. The maximum Gasteiger partial charge on any atom is 0.275 e. The SMILES string of the molecule is O=C(C[NH+]1CCN(c2cccc(Cl)c2)CC1)NCCc1ccc(F)cc1. The van der Waals surface area contributed by atoms with Crippen LogP contribution in [0.3, 0.4) is 0 Å². The van der Waals surface area contributed by atoms with Gasteiger partial charge in [-0.2, -0.15) is 0 Å². The summed E-state index contributed by atoms with van der Waals surface area (Å²) in [5, 5.41) is 3.71. The molecule has 0 aliphatic carbocycles. The Hall–Kier alpha value is -2.11. The standard InChI is InChI=1S/C20H23ClFN3O/c21-17-2-1-3-19(14-17)25-12-10-24(11-13-25)15-20(26)23-9-8-16-4-6-18(22)7-5-16/h1-7,14H,8-13,15H2,(H,23,26)/p+1. The first kappa shape index (κ1) is 18.7. The zero-order chi connectivity index (χ0) is 18.4. The fraction of sp³-hybridized carbons (Fsp3) is 0.350. The molecule has 1 heterocycles. The molecule has 1 saturated heterocycles. The number of benzene rings is 2. The lowest BCUT2D eigenvalue weighted by Gasteiger charge is -2.33. The second-order valence-electron chi connectivity index (χ2n) is 6.62. The zero-order valence-corrected chi connectivity index (χ0v) is 15.4. The van der Waals surface area contributed by atoms with Gasteiger partial charge in [-0.15, -0.1) is 0 Å². The Morgan fingerprint density at radius 1 is 1.15 bits per heavy atom. The van der Waals surface area contributed by atoms with Crippen LogP contribution in [0.25, 0.3) is 0 Å². The van der Waals surface area contributed by atoms with Crippen molar-refractivity contribution >= 4 is 23.2 Å². The predicted octanol–water partition coefficient (Wildman–Crippen LogP) is 1.54. The van der Waals surface area contributed by atoms with E-state index in [2.05, 4.69) is 16.3 Å². The predicted molar refractivity (Wildman–Crippen MR) is 102 cm³/mol. The maximum atomic E-state index is 12.9. The van der Waals surface area contributed by atoms with Crippen molar-refractivity contribution in [2.24, 2.45) is 0 Å². The maximum absolute atomic E-state index is 12.9. The molecule has 26 heavy (non-hydrogen) atoms. The van der Waals surface area contributed by atoms with Crippen LogP contribution in [-0.2, 0) is 11.2 Å². The summed E-state index contributed by atoms with van der Waals surface area (Å²) in [5.74, 6) is -0.170. The molecule has 2 aromatic carbocycles. The Morgan fingerprint density at radius 3 is 2.58 bits per heavy atom. The smallest absolute Gasteiger partial charge is 0.275 e. The largest absolute Gasteiger partial charge is 0.360 e. The summed E-state index contributed by atoms with van der Waals surface area (Å²) in [5.41, 5.74) is 2.16. The summed E-state index contributed by atoms with van der Waals surface area (Å²) in [7, 11) is 0. The number of carbonyl (C=O) groups excluding carboxylic acids is 1. The highest BCUT2D eigenvalue weighted by Crippen LogP contribution is 2.19. The number of anilines is 1. The lowest BCUT2D eigenvalue weighted by Crippen LogP contribution is -3.16. The molecule has 0 saturated carbocycles. The van der Waals surface area contributed by atoms with Crippen LogP contribution in [0.5, 0.6) is 0 Å². The first-order valence-corrected chi connectivity index (χ1v) is 9.33. The Balaban J connectivity index is 1.37. The molecule has 0 aromatic heterocycles. The van der Waals surface area contributed by atoms with E-state index in [4.69, 9.17) is 11.6 Å². The van der Waals surface area contributed by atoms with Gasteiger partial charge in [0.1, 0.15) is 5.82 Å². The topological polar surface area (TPSA) is 36.8 Å². The van der Waals surface area contributed by atoms with Crippen molar-refractivity contribution in [1.29, 1.82) is 0 Å². The first-order valence-electron chi connectivity index (χ1n) is 8.95. The normalized spacial score (nSPS) is 15.1. The number of carbonyl (C=O) groups is 1. The second kappa shape index (κ2) is 9.01. The zero-order valence-electron chi connectivity index (χ0n) is 14.7. The molecule has 1 aliphatic rings. The van der Waals surface area contributed by atoms with Gasteiger partial charge >= 0.3 is 0 Å². The third kappa shape index (κ3) is 5.44. The molecule has 138 valence electrons. The molecule has 0 radical (unpaired) electrons. The van der Waals surface area contributed by atoms with Gasteiger partial charge < -0.3 is 15.1 Å². The quantitative estimate of drug-likeness (QED) is 0.802. The van der Waals surface area contributed by atoms with Crippen molar-refractivity contribution in [3.8, 4) is 0 Å². The van der Waals surface area contributed by atoms with Crippen molar-refractivity contribution in [1.82, 2.24) is 5.32 Å². The van der Waals surface area contributed by atoms with E-state index in [1.165, 1.54) is 17.0 Å². The highest BCUT2D eigenvalue weighted by Gasteiger charge is 2.22. The molecule has 2 N–H and O–H groups in total. The molecule has 0 unspecified atom stereocenters. The molecule has 0 atom stereocenters. The van der Waals surface area contributed by atoms with Crippen LogP contribution >= 0.6 is 11.6 Å². The van der Waals surface area contributed by atoms with Crippen LogP contribution < -0.4 is 15.1 Å². The fourth-order valence-electron chi connectivity index (χ4n) is 3.22. The summed E-state index contributed by atoms with van der Waals surface area (Å²) in [6.45, 7) is 4.76. The van der Waals surface area contributed by atoms with E-state index in [0.29, 0.717) is 19.5 Å². The fourth-order valence-corrected chi connectivity index (χ4v) is 3.40. The van der Waals surface area contributed by atoms with Crippen molar-refractivity contribution < 1.29 is 14.1 Å². The monoisotopic (exact) mass is 376 g/mol. The molecule has 0 spiro atoms. The lowest BCUT2D eigenvalue weighted by atomic mass is 10.1. The molecule has 0 bridgehead atoms. The van der Waals surface area contributed by atoms with Gasteiger partial charge in [-0.25, -0.2) is 4.39 Å². The Labute approximate surface area is 158 Å². The van der Waals surface area contributed by atoms with Gasteiger partial charge in [-0.1, -0.05) is 29.8 Å². The van der Waals surface area contributed by atoms with E-state index in [0.717, 1.165) is 42.5 Å². The third-order valence-corrected chi connectivity index (χ3v) is 4.94. The molecule has 1 aliphatic heterocycles. The molecule has 1 amide bonds. The van der Waals surface area contributed by atoms with Gasteiger partial charge in [0.2, 0.25) is 0 Å². The number of hydrogen-bond donors (Lipinski definition) is 2. The van der Waals surface area contributed by atoms with Gasteiger partial charge in [0.05, 0.1) is 26.2 Å². The number of quaternary nitrogens is 1. The van der Waals surface area contributed by atoms with E-state index in [1.54, 1.807) is 12.1 Å². The lowest BCUT2D eigenvalue weighted by molar-refractivity contribution is -0.892. The number of nitrogens with one attached hydrogen (secondary N) is 2. The van der Waals surface area contributed by atoms with Crippen molar-refractivity contribution in [3.05, 3.63) is 64.9 Å². The van der Waals surface area contributed by atoms with Crippen LogP contribution in [-0.4, -0.2) is 45.2 Å². The number of nitrogens with zero attached hydrogens (tertiary/aromatic N) is 1. The van der Waals surface area contributed by atoms with E-state index in [1.807, 2.05) is 18.2 Å². The molecule has 4 nitrogen and oxygen atoms in total. The molecule has 2 aromatic rings. The van der Waals surface area contributed by atoms with Gasteiger partial charge in [0.15, 0.2) is 6.54 Å². The minimum absolute atomic E-state index is 0.0679. The van der Waals surface area contributed by atoms with Crippen LogP contribution in [0, 0.1) is 5.82 Å². The number of hydrogen-bond acceptors (Lipinski definition) is 2. The molecular weight excluding hydrogens is 353 g/mol. The Bertz CT molecular complexity index is 730. The van der Waals surface area contributed by atoms with Crippen LogP contribution in [0.1, 0.15) is 5.56 Å². The molecular formula is C20H24ClFN3O+. The molecule has 3 rings (SSSR count). The van der Waals surface area contributed by atoms with Crippen LogP contribution in [0.15, 0.2) is 48.5 Å². The van der Waals surface area contributed by atoms with E-state index >= 15 is 0 Å². The summed E-state index contributed by atoms with van der Waals surface area (Å²) in [6, 6.07) is 14.3. The number of amides is 1. The highest BCUT2D eigenvalue weighted by atomic mass is 35.5. The number of halogens is 2. The van der Waals surface area contributed by atoms with E-state index < -0.39 is 0 Å². The number of piperazine rings is 1. The minimum atomic E-state index is -0.238. The third-order valence-electron chi connectivity index (χ3n) is 4.70. The summed E-state index contributed by atoms with van der Waals surface area (Å²) >= 11 is 6.06. The molecule has 6 heteroatoms. The first-order chi connectivity index (χ1) is 12.6. The van der Waals surface area contributed by atoms with Gasteiger partial charge in [-0.3, -0.25) is 4.79 Å². The van der Waals surface area contributed by atoms with Gasteiger partial charge in [0, 0.05) is 17.3 Å². The number of rotatable bonds is 6. The Kier molecular flexibility index (Phi) is 6.47. The molecule has 1 fully saturated rings. The average molecular weight is 377 g/mol. The van der Waals surface area contributed by atoms with Crippen molar-refractivity contribution in [3.63, 3.8) is 0 Å². The van der Waals surface area contributed by atoms with Crippen molar-refractivity contribution in [2.75, 3.05) is 44.2 Å². The summed E-state index contributed by atoms with van der Waals surface area (Å²) in [4.78, 5) is 15.7. The van der Waals surface area contributed by atoms with Crippen LogP contribution in [0.2, 0.25) is 5.02 Å². The average Bonchev–Trinajstić information content (AvgIpc) is 2.64. The van der Waals surface area contributed by atoms with Crippen molar-refractivity contribution in [2.45, 2.75) is 6.42 Å². The minimum Gasteiger partial charge on any atom is -0.360 e. The second-order valence-corrected chi connectivity index (χ2v) is 7.06.